The zero-order valence-electron chi connectivity index (χ0n) is 11.7. The Kier molecular flexibility index (Phi) is 3.48. The van der Waals surface area contributed by atoms with E-state index in [1.807, 2.05) is 31.2 Å². The van der Waals surface area contributed by atoms with Crippen molar-refractivity contribution in [2.24, 2.45) is 0 Å². The maximum absolute atomic E-state index is 13.0. The largest absolute Gasteiger partial charge is 0.338 e. The molecule has 1 atom stereocenters. The van der Waals surface area contributed by atoms with Gasteiger partial charge in [0.15, 0.2) is 0 Å². The first-order valence-corrected chi connectivity index (χ1v) is 8.07. The number of benzene rings is 1. The lowest BCUT2D eigenvalue weighted by Gasteiger charge is -2.10. The molecule has 1 unspecified atom stereocenters. The van der Waals surface area contributed by atoms with E-state index >= 15 is 0 Å². The number of carbonyl (C=O) groups is 1. The molecule has 1 aromatic heterocycles. The van der Waals surface area contributed by atoms with Crippen LogP contribution in [0, 0.1) is 6.92 Å². The number of anilines is 1. The van der Waals surface area contributed by atoms with Gasteiger partial charge >= 0.3 is 10.2 Å². The highest BCUT2D eigenvalue weighted by Gasteiger charge is 2.40. The minimum Gasteiger partial charge on any atom is -0.338 e. The molecule has 0 aliphatic carbocycles. The van der Waals surface area contributed by atoms with E-state index in [0.29, 0.717) is 5.69 Å². The number of carbonyl (C=O) groups excluding carboxylic acids is 1. The molecule has 116 valence electrons. The zero-order chi connectivity index (χ0) is 15.9. The van der Waals surface area contributed by atoms with Gasteiger partial charge in [-0.2, -0.15) is 8.42 Å². The van der Waals surface area contributed by atoms with Crippen LogP contribution in [-0.4, -0.2) is 31.3 Å². The Bertz CT molecular complexity index is 814. The second kappa shape index (κ2) is 5.20. The van der Waals surface area contributed by atoms with Crippen molar-refractivity contribution >= 4 is 22.0 Å². The van der Waals surface area contributed by atoms with Gasteiger partial charge in [0, 0.05) is 24.6 Å². The van der Waals surface area contributed by atoms with E-state index in [1.165, 1.54) is 6.07 Å². The van der Waals surface area contributed by atoms with Gasteiger partial charge in [0.05, 0.1) is 0 Å². The summed E-state index contributed by atoms with van der Waals surface area (Å²) >= 11 is 0. The number of hydrogen-bond acceptors (Lipinski definition) is 5. The fourth-order valence-electron chi connectivity index (χ4n) is 2.33. The van der Waals surface area contributed by atoms with E-state index in [9.17, 15) is 17.1 Å². The van der Waals surface area contributed by atoms with Gasteiger partial charge in [-0.15, -0.1) is 3.89 Å². The van der Waals surface area contributed by atoms with E-state index in [2.05, 4.69) is 5.16 Å². The van der Waals surface area contributed by atoms with Crippen molar-refractivity contribution in [3.05, 3.63) is 35.9 Å². The van der Waals surface area contributed by atoms with Crippen LogP contribution in [0.2, 0.25) is 0 Å². The van der Waals surface area contributed by atoms with Crippen molar-refractivity contribution in [1.29, 1.82) is 0 Å². The molecule has 2 aromatic rings. The average molecular weight is 324 g/mol. The fourth-order valence-corrected chi connectivity index (χ4v) is 3.00. The fraction of sp³-hybridized carbons (Fsp3) is 0.286. The molecule has 1 aliphatic heterocycles. The van der Waals surface area contributed by atoms with Crippen LogP contribution in [0.15, 0.2) is 34.9 Å². The number of aromatic nitrogens is 1. The number of halogens is 1. The van der Waals surface area contributed by atoms with E-state index in [4.69, 9.17) is 4.52 Å². The summed E-state index contributed by atoms with van der Waals surface area (Å²) in [6.45, 7) is 1.69. The van der Waals surface area contributed by atoms with Crippen LogP contribution in [0.5, 0.6) is 0 Å². The first kappa shape index (κ1) is 14.7. The molecule has 0 N–H and O–H groups in total. The van der Waals surface area contributed by atoms with Gasteiger partial charge in [0.25, 0.3) is 0 Å². The SMILES string of the molecule is Cc1ccc(-c2cc(N3CC(S(=O)(=O)F)CC3=O)on2)cc1. The van der Waals surface area contributed by atoms with E-state index < -0.39 is 21.4 Å². The lowest BCUT2D eigenvalue weighted by atomic mass is 10.1. The van der Waals surface area contributed by atoms with Crippen LogP contribution in [0.3, 0.4) is 0 Å². The van der Waals surface area contributed by atoms with Crippen molar-refractivity contribution in [3.8, 4) is 11.3 Å². The summed E-state index contributed by atoms with van der Waals surface area (Å²) < 4.78 is 40.0. The Balaban J connectivity index is 1.85. The minimum atomic E-state index is -4.75. The van der Waals surface area contributed by atoms with Crippen molar-refractivity contribution in [2.75, 3.05) is 11.4 Å². The standard InChI is InChI=1S/C14H13FN2O4S/c1-9-2-4-10(5-3-9)12-7-14(21-16-12)17-8-11(6-13(17)18)22(15,19)20/h2-5,7,11H,6,8H2,1H3. The molecule has 1 amide bonds. The van der Waals surface area contributed by atoms with Gasteiger partial charge in [-0.3, -0.25) is 9.69 Å². The molecule has 3 rings (SSSR count). The third-order valence-electron chi connectivity index (χ3n) is 3.60. The summed E-state index contributed by atoms with van der Waals surface area (Å²) in [6.07, 6.45) is -0.389. The highest BCUT2D eigenvalue weighted by molar-refractivity contribution is 7.87. The summed E-state index contributed by atoms with van der Waals surface area (Å²) in [5.74, 6) is -0.385. The molecule has 2 heterocycles. The predicted molar refractivity (Wildman–Crippen MR) is 77.5 cm³/mol. The lowest BCUT2D eigenvalue weighted by Crippen LogP contribution is -2.26. The summed E-state index contributed by atoms with van der Waals surface area (Å²) in [4.78, 5) is 12.9. The summed E-state index contributed by atoms with van der Waals surface area (Å²) in [5, 5.41) is 2.52. The smallest absolute Gasteiger partial charge is 0.307 e. The molecular weight excluding hydrogens is 311 g/mol. The van der Waals surface area contributed by atoms with Crippen LogP contribution >= 0.6 is 0 Å². The predicted octanol–water partition coefficient (Wildman–Crippen LogP) is 2.05. The molecule has 0 spiro atoms. The molecule has 8 heteroatoms. The summed E-state index contributed by atoms with van der Waals surface area (Å²) in [5.41, 5.74) is 2.43. The Morgan fingerprint density at radius 1 is 1.32 bits per heavy atom. The molecule has 1 aliphatic rings. The van der Waals surface area contributed by atoms with Gasteiger partial charge in [-0.05, 0) is 6.92 Å². The maximum atomic E-state index is 13.0. The molecule has 0 bridgehead atoms. The van der Waals surface area contributed by atoms with Crippen molar-refractivity contribution in [3.63, 3.8) is 0 Å². The first-order chi connectivity index (χ1) is 10.3. The van der Waals surface area contributed by atoms with Gasteiger partial charge in [0.2, 0.25) is 11.8 Å². The van der Waals surface area contributed by atoms with E-state index in [-0.39, 0.29) is 18.8 Å². The third kappa shape index (κ3) is 2.74. The normalized spacial score (nSPS) is 18.9. The van der Waals surface area contributed by atoms with Gasteiger partial charge in [0.1, 0.15) is 10.9 Å². The van der Waals surface area contributed by atoms with Gasteiger partial charge in [-0.1, -0.05) is 35.0 Å². The van der Waals surface area contributed by atoms with Crippen LogP contribution in [0.4, 0.5) is 9.77 Å². The number of rotatable bonds is 3. The lowest BCUT2D eigenvalue weighted by molar-refractivity contribution is -0.117. The third-order valence-corrected chi connectivity index (χ3v) is 4.71. The quantitative estimate of drug-likeness (QED) is 0.807. The van der Waals surface area contributed by atoms with Crippen LogP contribution in [0.25, 0.3) is 11.3 Å². The Labute approximate surface area is 126 Å². The molecule has 1 aromatic carbocycles. The summed E-state index contributed by atoms with van der Waals surface area (Å²) in [6, 6.07) is 9.08. The second-order valence-corrected chi connectivity index (χ2v) is 6.84. The Morgan fingerprint density at radius 2 is 2.00 bits per heavy atom. The summed E-state index contributed by atoms with van der Waals surface area (Å²) in [7, 11) is -4.75. The van der Waals surface area contributed by atoms with E-state index in [0.717, 1.165) is 16.0 Å². The number of nitrogens with zero attached hydrogens (tertiary/aromatic N) is 2. The van der Waals surface area contributed by atoms with Crippen molar-refractivity contribution in [2.45, 2.75) is 18.6 Å². The molecule has 0 radical (unpaired) electrons. The molecule has 1 fully saturated rings. The van der Waals surface area contributed by atoms with Gasteiger partial charge in [-0.25, -0.2) is 0 Å². The molecular formula is C14H13FN2O4S. The van der Waals surface area contributed by atoms with Crippen LogP contribution < -0.4 is 4.90 Å². The monoisotopic (exact) mass is 324 g/mol. The van der Waals surface area contributed by atoms with Gasteiger partial charge < -0.3 is 4.52 Å². The number of aryl methyl sites for hydroxylation is 1. The zero-order valence-corrected chi connectivity index (χ0v) is 12.5. The molecule has 0 saturated carbocycles. The first-order valence-electron chi connectivity index (χ1n) is 6.62. The highest BCUT2D eigenvalue weighted by Crippen LogP contribution is 2.29. The average Bonchev–Trinajstić information content (AvgIpc) is 3.05. The minimum absolute atomic E-state index is 0.117. The Morgan fingerprint density at radius 3 is 2.59 bits per heavy atom. The highest BCUT2D eigenvalue weighted by atomic mass is 32.3. The molecule has 22 heavy (non-hydrogen) atoms. The second-order valence-electron chi connectivity index (χ2n) is 5.22. The topological polar surface area (TPSA) is 80.5 Å². The number of hydrogen-bond donors (Lipinski definition) is 0. The van der Waals surface area contributed by atoms with Crippen molar-refractivity contribution < 1.29 is 21.6 Å². The maximum Gasteiger partial charge on any atom is 0.307 e. The molecule has 6 nitrogen and oxygen atoms in total. The Hall–Kier alpha value is -2.22. The number of amides is 1. The van der Waals surface area contributed by atoms with E-state index in [1.54, 1.807) is 0 Å². The molecule has 1 saturated heterocycles. The van der Waals surface area contributed by atoms with Crippen LogP contribution in [-0.2, 0) is 15.0 Å². The van der Waals surface area contributed by atoms with Crippen LogP contribution in [0.1, 0.15) is 12.0 Å². The van der Waals surface area contributed by atoms with Crippen molar-refractivity contribution in [1.82, 2.24) is 5.16 Å².